The zero-order chi connectivity index (χ0) is 22.4. The lowest BCUT2D eigenvalue weighted by Gasteiger charge is -2.51. The van der Waals surface area contributed by atoms with Crippen LogP contribution in [0.3, 0.4) is 0 Å². The molecular formula is C24H32N2O5. The molecule has 3 aliphatic rings. The second kappa shape index (κ2) is 7.84. The molecule has 1 spiro atoms. The van der Waals surface area contributed by atoms with Crippen molar-refractivity contribution >= 4 is 17.6 Å². The lowest BCUT2D eigenvalue weighted by molar-refractivity contribution is -0.147. The average molecular weight is 429 g/mol. The number of fused-ring (bicyclic) bond motifs is 1. The standard InChI is InChI=1S/C24H32N2O5/c1-15(27)19-11-16(23(19,2)3)12-21(28)26-9-7-24(8-10-26)14-25-22(29)18-6-5-17(30-4)13-20(18)31-24/h5-6,13,16,19H,7-12,14H2,1-4H3,(H,25,29). The molecule has 2 atom stereocenters. The predicted octanol–water partition coefficient (Wildman–Crippen LogP) is 2.82. The fraction of sp³-hybridized carbons (Fsp3) is 0.625. The fourth-order valence-electron chi connectivity index (χ4n) is 5.34. The summed E-state index contributed by atoms with van der Waals surface area (Å²) in [7, 11) is 1.58. The maximum atomic E-state index is 13.0. The third-order valence-electron chi connectivity index (χ3n) is 7.74. The van der Waals surface area contributed by atoms with Crippen LogP contribution in [-0.2, 0) is 9.59 Å². The Balaban J connectivity index is 1.39. The molecule has 7 nitrogen and oxygen atoms in total. The van der Waals surface area contributed by atoms with E-state index in [1.165, 1.54) is 0 Å². The molecule has 7 heteroatoms. The summed E-state index contributed by atoms with van der Waals surface area (Å²) in [5.74, 6) is 1.70. The van der Waals surface area contributed by atoms with E-state index in [9.17, 15) is 14.4 Å². The molecule has 0 radical (unpaired) electrons. The van der Waals surface area contributed by atoms with Gasteiger partial charge in [0, 0.05) is 44.3 Å². The van der Waals surface area contributed by atoms with E-state index in [1.54, 1.807) is 32.2 Å². The van der Waals surface area contributed by atoms with Crippen molar-refractivity contribution in [3.05, 3.63) is 23.8 Å². The zero-order valence-electron chi connectivity index (χ0n) is 18.8. The molecule has 1 aromatic carbocycles. The summed E-state index contributed by atoms with van der Waals surface area (Å²) in [4.78, 5) is 39.1. The van der Waals surface area contributed by atoms with Crippen LogP contribution in [0.1, 0.15) is 56.8 Å². The van der Waals surface area contributed by atoms with Crippen LogP contribution < -0.4 is 14.8 Å². The molecule has 2 heterocycles. The Kier molecular flexibility index (Phi) is 5.48. The minimum atomic E-state index is -0.528. The predicted molar refractivity (Wildman–Crippen MR) is 115 cm³/mol. The molecule has 1 saturated carbocycles. The molecule has 2 amide bonds. The number of hydrogen-bond donors (Lipinski definition) is 1. The quantitative estimate of drug-likeness (QED) is 0.797. The first-order valence-corrected chi connectivity index (χ1v) is 11.1. The third-order valence-corrected chi connectivity index (χ3v) is 7.74. The highest BCUT2D eigenvalue weighted by Crippen LogP contribution is 2.53. The Bertz CT molecular complexity index is 901. The van der Waals surface area contributed by atoms with Gasteiger partial charge in [-0.3, -0.25) is 14.4 Å². The molecular weight excluding hydrogens is 396 g/mol. The molecule has 31 heavy (non-hydrogen) atoms. The third kappa shape index (κ3) is 3.90. The summed E-state index contributed by atoms with van der Waals surface area (Å²) < 4.78 is 11.7. The highest BCUT2D eigenvalue weighted by atomic mass is 16.5. The summed E-state index contributed by atoms with van der Waals surface area (Å²) in [5, 5.41) is 2.98. The summed E-state index contributed by atoms with van der Waals surface area (Å²) in [5.41, 5.74) is -0.140. The Morgan fingerprint density at radius 3 is 2.58 bits per heavy atom. The molecule has 1 N–H and O–H groups in total. The van der Waals surface area contributed by atoms with Gasteiger partial charge in [0.15, 0.2) is 0 Å². The topological polar surface area (TPSA) is 84.9 Å². The van der Waals surface area contributed by atoms with E-state index in [-0.39, 0.29) is 34.8 Å². The number of carbonyl (C=O) groups is 3. The summed E-state index contributed by atoms with van der Waals surface area (Å²) in [6, 6.07) is 5.22. The van der Waals surface area contributed by atoms with Gasteiger partial charge in [0.05, 0.1) is 19.2 Å². The fourth-order valence-corrected chi connectivity index (χ4v) is 5.34. The largest absolute Gasteiger partial charge is 0.497 e. The Labute approximate surface area is 183 Å². The van der Waals surface area contributed by atoms with Crippen LogP contribution in [0.4, 0.5) is 0 Å². The van der Waals surface area contributed by atoms with Crippen LogP contribution in [0.5, 0.6) is 11.5 Å². The number of ketones is 1. The number of piperidine rings is 1. The van der Waals surface area contributed by atoms with Gasteiger partial charge in [-0.05, 0) is 36.8 Å². The normalized spacial score (nSPS) is 26.1. The highest BCUT2D eigenvalue weighted by molar-refractivity contribution is 5.97. The molecule has 4 rings (SSSR count). The van der Waals surface area contributed by atoms with E-state index in [4.69, 9.17) is 9.47 Å². The van der Waals surface area contributed by atoms with Crippen molar-refractivity contribution in [2.45, 2.75) is 52.1 Å². The molecule has 1 aliphatic carbocycles. The van der Waals surface area contributed by atoms with Crippen molar-refractivity contribution in [1.29, 1.82) is 0 Å². The minimum Gasteiger partial charge on any atom is -0.497 e. The van der Waals surface area contributed by atoms with Crippen LogP contribution in [-0.4, -0.2) is 54.8 Å². The summed E-state index contributed by atoms with van der Waals surface area (Å²) in [6.07, 6.45) is 2.60. The number of nitrogens with one attached hydrogen (secondary N) is 1. The smallest absolute Gasteiger partial charge is 0.255 e. The molecule has 0 aromatic heterocycles. The second-order valence-electron chi connectivity index (χ2n) is 9.83. The molecule has 2 fully saturated rings. The van der Waals surface area contributed by atoms with Gasteiger partial charge in [-0.25, -0.2) is 0 Å². The molecule has 1 saturated heterocycles. The molecule has 1 aromatic rings. The number of rotatable bonds is 4. The molecule has 2 aliphatic heterocycles. The van der Waals surface area contributed by atoms with Crippen molar-refractivity contribution in [2.75, 3.05) is 26.7 Å². The summed E-state index contributed by atoms with van der Waals surface area (Å²) >= 11 is 0. The van der Waals surface area contributed by atoms with Crippen LogP contribution in [0.15, 0.2) is 18.2 Å². The maximum absolute atomic E-state index is 13.0. The number of Topliss-reactive ketones (excluding diaryl/α,β-unsaturated/α-hetero) is 1. The van der Waals surface area contributed by atoms with E-state index < -0.39 is 5.60 Å². The number of ether oxygens (including phenoxy) is 2. The monoisotopic (exact) mass is 428 g/mol. The first-order valence-electron chi connectivity index (χ1n) is 11.1. The number of likely N-dealkylation sites (tertiary alicyclic amines) is 1. The highest BCUT2D eigenvalue weighted by Gasteiger charge is 2.51. The molecule has 2 unspecified atom stereocenters. The number of amides is 2. The maximum Gasteiger partial charge on any atom is 0.255 e. The lowest BCUT2D eigenvalue weighted by atomic mass is 9.52. The van der Waals surface area contributed by atoms with Gasteiger partial charge in [0.25, 0.3) is 5.91 Å². The SMILES string of the molecule is COc1ccc2c(c1)OC1(CCN(C(=O)CC3CC(C(C)=O)C3(C)C)CC1)CNC2=O. The van der Waals surface area contributed by atoms with Gasteiger partial charge >= 0.3 is 0 Å². The van der Waals surface area contributed by atoms with E-state index in [0.29, 0.717) is 56.0 Å². The van der Waals surface area contributed by atoms with Crippen LogP contribution in [0.2, 0.25) is 0 Å². The van der Waals surface area contributed by atoms with Crippen molar-refractivity contribution in [3.63, 3.8) is 0 Å². The average Bonchev–Trinajstić information content (AvgIpc) is 2.87. The van der Waals surface area contributed by atoms with Crippen LogP contribution in [0, 0.1) is 17.3 Å². The van der Waals surface area contributed by atoms with Crippen LogP contribution >= 0.6 is 0 Å². The molecule has 0 bridgehead atoms. The van der Waals surface area contributed by atoms with Gasteiger partial charge < -0.3 is 19.7 Å². The van der Waals surface area contributed by atoms with Crippen molar-refractivity contribution < 1.29 is 23.9 Å². The van der Waals surface area contributed by atoms with E-state index in [2.05, 4.69) is 19.2 Å². The first kappa shape index (κ1) is 21.7. The van der Waals surface area contributed by atoms with Gasteiger partial charge in [0.2, 0.25) is 5.91 Å². The van der Waals surface area contributed by atoms with Crippen LogP contribution in [0.25, 0.3) is 0 Å². The van der Waals surface area contributed by atoms with E-state index in [0.717, 1.165) is 6.42 Å². The van der Waals surface area contributed by atoms with Gasteiger partial charge in [-0.15, -0.1) is 0 Å². The number of hydrogen-bond acceptors (Lipinski definition) is 5. The second-order valence-corrected chi connectivity index (χ2v) is 9.83. The number of benzene rings is 1. The number of methoxy groups -OCH3 is 1. The van der Waals surface area contributed by atoms with E-state index >= 15 is 0 Å². The Morgan fingerprint density at radius 2 is 1.97 bits per heavy atom. The van der Waals surface area contributed by atoms with Gasteiger partial charge in [-0.1, -0.05) is 13.8 Å². The Morgan fingerprint density at radius 1 is 1.26 bits per heavy atom. The first-order chi connectivity index (χ1) is 14.6. The minimum absolute atomic E-state index is 0.0648. The van der Waals surface area contributed by atoms with Crippen molar-refractivity contribution in [2.24, 2.45) is 17.3 Å². The summed E-state index contributed by atoms with van der Waals surface area (Å²) in [6.45, 7) is 7.45. The number of nitrogens with zero attached hydrogens (tertiary/aromatic N) is 1. The lowest BCUT2D eigenvalue weighted by Crippen LogP contribution is -2.55. The number of carbonyl (C=O) groups excluding carboxylic acids is 3. The van der Waals surface area contributed by atoms with Gasteiger partial charge in [-0.2, -0.15) is 0 Å². The zero-order valence-corrected chi connectivity index (χ0v) is 18.8. The van der Waals surface area contributed by atoms with Crippen molar-refractivity contribution in [1.82, 2.24) is 10.2 Å². The Hall–Kier alpha value is -2.57. The van der Waals surface area contributed by atoms with Crippen molar-refractivity contribution in [3.8, 4) is 11.5 Å². The van der Waals surface area contributed by atoms with Gasteiger partial charge in [0.1, 0.15) is 22.9 Å². The molecule has 168 valence electrons. The van der Waals surface area contributed by atoms with E-state index in [1.807, 2.05) is 4.90 Å².